The van der Waals surface area contributed by atoms with Crippen molar-refractivity contribution < 1.29 is 0 Å². The van der Waals surface area contributed by atoms with Crippen molar-refractivity contribution in [3.05, 3.63) is 15.9 Å². The summed E-state index contributed by atoms with van der Waals surface area (Å²) < 4.78 is 3.08. The Labute approximate surface area is 117 Å². The number of aryl methyl sites for hydroxylation is 2. The summed E-state index contributed by atoms with van der Waals surface area (Å²) >= 11 is 9.38. The number of hydrogen-bond donors (Lipinski definition) is 0. The predicted molar refractivity (Wildman–Crippen MR) is 76.5 cm³/mol. The molecule has 0 amide bonds. The van der Waals surface area contributed by atoms with Crippen LogP contribution >= 0.6 is 27.5 Å². The van der Waals surface area contributed by atoms with Gasteiger partial charge in [-0.2, -0.15) is 5.10 Å². The van der Waals surface area contributed by atoms with E-state index in [9.17, 15) is 0 Å². The van der Waals surface area contributed by atoms with Crippen molar-refractivity contribution in [2.24, 2.45) is 7.05 Å². The molecule has 0 aliphatic rings. The zero-order valence-corrected chi connectivity index (χ0v) is 13.3. The Kier molecular flexibility index (Phi) is 5.97. The van der Waals surface area contributed by atoms with Crippen molar-refractivity contribution in [3.63, 3.8) is 0 Å². The smallest absolute Gasteiger partial charge is 0.0739 e. The molecule has 17 heavy (non-hydrogen) atoms. The highest BCUT2D eigenvalue weighted by molar-refractivity contribution is 9.10. The topological polar surface area (TPSA) is 21.1 Å². The number of alkyl halides is 1. The summed E-state index contributed by atoms with van der Waals surface area (Å²) in [6, 6.07) is 0.514. The van der Waals surface area contributed by atoms with E-state index in [0.29, 0.717) is 6.04 Å². The molecule has 1 rings (SSSR count). The van der Waals surface area contributed by atoms with Gasteiger partial charge in [0.05, 0.1) is 15.9 Å². The molecule has 0 aromatic carbocycles. The van der Waals surface area contributed by atoms with Crippen LogP contribution in [0.1, 0.15) is 31.7 Å². The lowest BCUT2D eigenvalue weighted by Gasteiger charge is -2.26. The summed E-state index contributed by atoms with van der Waals surface area (Å²) in [6.07, 6.45) is 1.02. The first-order valence-electron chi connectivity index (χ1n) is 5.95. The number of nitrogens with zero attached hydrogens (tertiary/aromatic N) is 3. The van der Waals surface area contributed by atoms with Crippen LogP contribution in [0.25, 0.3) is 0 Å². The summed E-state index contributed by atoms with van der Waals surface area (Å²) in [6.45, 7) is 8.38. The third kappa shape index (κ3) is 3.97. The highest BCUT2D eigenvalue weighted by Gasteiger charge is 2.16. The molecule has 0 fully saturated rings. The number of rotatable bonds is 6. The molecule has 5 heteroatoms. The lowest BCUT2D eigenvalue weighted by atomic mass is 10.2. The van der Waals surface area contributed by atoms with Gasteiger partial charge in [-0.15, -0.1) is 11.6 Å². The minimum Gasteiger partial charge on any atom is -0.295 e. The van der Waals surface area contributed by atoms with Crippen LogP contribution in [0.2, 0.25) is 0 Å². The molecule has 3 nitrogen and oxygen atoms in total. The standard InChI is InChI=1S/C12H21BrClN3/c1-9(2)17(7-5-6-14)8-11-12(13)10(3)15-16(11)4/h9H,5-8H2,1-4H3. The third-order valence-corrected chi connectivity index (χ3v) is 4.22. The Hall–Kier alpha value is -0.0600. The Morgan fingerprint density at radius 3 is 2.53 bits per heavy atom. The third-order valence-electron chi connectivity index (χ3n) is 2.92. The van der Waals surface area contributed by atoms with Gasteiger partial charge in [-0.25, -0.2) is 0 Å². The molecule has 1 aromatic heterocycles. The van der Waals surface area contributed by atoms with Crippen LogP contribution in [-0.4, -0.2) is 33.1 Å². The first-order chi connectivity index (χ1) is 7.97. The van der Waals surface area contributed by atoms with Crippen molar-refractivity contribution in [1.82, 2.24) is 14.7 Å². The molecule has 0 saturated carbocycles. The molecule has 1 heterocycles. The summed E-state index contributed by atoms with van der Waals surface area (Å²) in [5.74, 6) is 0.717. The zero-order valence-electron chi connectivity index (χ0n) is 11.0. The van der Waals surface area contributed by atoms with E-state index in [1.54, 1.807) is 0 Å². The maximum absolute atomic E-state index is 5.77. The van der Waals surface area contributed by atoms with Gasteiger partial charge in [-0.3, -0.25) is 9.58 Å². The number of halogens is 2. The number of hydrogen-bond acceptors (Lipinski definition) is 2. The lowest BCUT2D eigenvalue weighted by molar-refractivity contribution is 0.208. The second-order valence-corrected chi connectivity index (χ2v) is 5.75. The van der Waals surface area contributed by atoms with Gasteiger partial charge in [0.1, 0.15) is 0 Å². The molecular weight excluding hydrogens is 302 g/mol. The van der Waals surface area contributed by atoms with Gasteiger partial charge >= 0.3 is 0 Å². The fourth-order valence-corrected chi connectivity index (χ4v) is 2.41. The minimum absolute atomic E-state index is 0.514. The summed E-state index contributed by atoms with van der Waals surface area (Å²) in [7, 11) is 1.99. The highest BCUT2D eigenvalue weighted by Crippen LogP contribution is 2.22. The maximum atomic E-state index is 5.77. The lowest BCUT2D eigenvalue weighted by Crippen LogP contribution is -2.32. The van der Waals surface area contributed by atoms with Crippen LogP contribution in [0, 0.1) is 6.92 Å². The second-order valence-electron chi connectivity index (χ2n) is 4.58. The largest absolute Gasteiger partial charge is 0.295 e. The minimum atomic E-state index is 0.514. The van der Waals surface area contributed by atoms with Crippen molar-refractivity contribution in [2.75, 3.05) is 12.4 Å². The van der Waals surface area contributed by atoms with E-state index in [4.69, 9.17) is 11.6 Å². The molecule has 0 bridgehead atoms. The van der Waals surface area contributed by atoms with Crippen LogP contribution in [0.3, 0.4) is 0 Å². The molecule has 0 saturated heterocycles. The molecular formula is C12H21BrClN3. The Morgan fingerprint density at radius 2 is 2.12 bits per heavy atom. The maximum Gasteiger partial charge on any atom is 0.0739 e. The highest BCUT2D eigenvalue weighted by atomic mass is 79.9. The molecule has 0 atom stereocenters. The first kappa shape index (κ1) is 15.0. The van der Waals surface area contributed by atoms with Gasteiger partial charge < -0.3 is 0 Å². The SMILES string of the molecule is Cc1nn(C)c(CN(CCCCl)C(C)C)c1Br. The van der Waals surface area contributed by atoms with Crippen molar-refractivity contribution >= 4 is 27.5 Å². The van der Waals surface area contributed by atoms with Gasteiger partial charge in [-0.1, -0.05) is 0 Å². The monoisotopic (exact) mass is 321 g/mol. The molecule has 0 spiro atoms. The van der Waals surface area contributed by atoms with Gasteiger partial charge in [0, 0.05) is 25.5 Å². The first-order valence-corrected chi connectivity index (χ1v) is 7.28. The molecule has 0 unspecified atom stereocenters. The molecule has 98 valence electrons. The van der Waals surface area contributed by atoms with Crippen LogP contribution in [0.15, 0.2) is 4.47 Å². The van der Waals surface area contributed by atoms with Gasteiger partial charge in [0.2, 0.25) is 0 Å². The fraction of sp³-hybridized carbons (Fsp3) is 0.750. The van der Waals surface area contributed by atoms with E-state index in [-0.39, 0.29) is 0 Å². The second kappa shape index (κ2) is 6.76. The van der Waals surface area contributed by atoms with Crippen molar-refractivity contribution in [2.45, 2.75) is 39.8 Å². The van der Waals surface area contributed by atoms with E-state index in [1.165, 1.54) is 5.69 Å². The predicted octanol–water partition coefficient (Wildman–Crippen LogP) is 3.33. The average Bonchev–Trinajstić information content (AvgIpc) is 2.49. The average molecular weight is 323 g/mol. The van der Waals surface area contributed by atoms with E-state index >= 15 is 0 Å². The quantitative estimate of drug-likeness (QED) is 0.749. The van der Waals surface area contributed by atoms with Crippen LogP contribution in [-0.2, 0) is 13.6 Å². The van der Waals surface area contributed by atoms with E-state index in [0.717, 1.165) is 35.6 Å². The van der Waals surface area contributed by atoms with Crippen molar-refractivity contribution in [3.8, 4) is 0 Å². The summed E-state index contributed by atoms with van der Waals surface area (Å²) in [4.78, 5) is 2.42. The van der Waals surface area contributed by atoms with Crippen LogP contribution in [0.4, 0.5) is 0 Å². The van der Waals surface area contributed by atoms with E-state index in [1.807, 2.05) is 18.7 Å². The van der Waals surface area contributed by atoms with E-state index in [2.05, 4.69) is 39.8 Å². The number of aromatic nitrogens is 2. The fourth-order valence-electron chi connectivity index (χ4n) is 1.83. The van der Waals surface area contributed by atoms with Crippen molar-refractivity contribution in [1.29, 1.82) is 0 Å². The molecule has 0 aliphatic carbocycles. The molecule has 0 N–H and O–H groups in total. The Bertz CT molecular complexity index is 363. The van der Waals surface area contributed by atoms with Gasteiger partial charge in [0.15, 0.2) is 0 Å². The summed E-state index contributed by atoms with van der Waals surface area (Å²) in [5.41, 5.74) is 2.27. The van der Waals surface area contributed by atoms with Gasteiger partial charge in [0.25, 0.3) is 0 Å². The molecule has 0 aliphatic heterocycles. The van der Waals surface area contributed by atoms with Crippen LogP contribution in [0.5, 0.6) is 0 Å². The van der Waals surface area contributed by atoms with Gasteiger partial charge in [-0.05, 0) is 49.7 Å². The molecule has 1 aromatic rings. The molecule has 0 radical (unpaired) electrons. The zero-order chi connectivity index (χ0) is 13.0. The van der Waals surface area contributed by atoms with Crippen LogP contribution < -0.4 is 0 Å². The van der Waals surface area contributed by atoms with E-state index < -0.39 is 0 Å². The Morgan fingerprint density at radius 1 is 1.47 bits per heavy atom. The Balaban J connectivity index is 2.78. The summed E-state index contributed by atoms with van der Waals surface area (Å²) in [5, 5.41) is 4.42. The normalized spacial score (nSPS) is 11.8.